The highest BCUT2D eigenvalue weighted by molar-refractivity contribution is 7.19. The van der Waals surface area contributed by atoms with E-state index in [1.165, 1.54) is 51.9 Å². The molecule has 180 valence electrons. The molecule has 5 nitrogen and oxygen atoms in total. The molecule has 1 amide bonds. The highest BCUT2D eigenvalue weighted by atomic mass is 32.1. The summed E-state index contributed by atoms with van der Waals surface area (Å²) >= 11 is 1.90. The molecular formula is C28H36N4OS. The number of benzene rings is 1. The SMILES string of the molecule is CCc1ccc(C(=O)N2CCN(c3nc(C(C)CC)nc4sc5c(c34)CCCCC5)CC2)cc1. The number of nitrogens with zero attached hydrogens (tertiary/aromatic N) is 4. The number of piperazine rings is 1. The second kappa shape index (κ2) is 10.0. The standard InChI is InChI=1S/C28H36N4OS/c1-4-19(3)25-29-26(24-22-9-7-6-8-10-23(22)34-27(24)30-25)31-15-17-32(18-16-31)28(33)21-13-11-20(5-2)12-14-21/h11-14,19H,4-10,15-18H2,1-3H3. The Labute approximate surface area is 207 Å². The van der Waals surface area contributed by atoms with Crippen molar-refractivity contribution in [2.75, 3.05) is 31.1 Å². The largest absolute Gasteiger partial charge is 0.352 e. The van der Waals surface area contributed by atoms with E-state index in [-0.39, 0.29) is 5.91 Å². The Morgan fingerprint density at radius 2 is 1.74 bits per heavy atom. The third-order valence-corrected chi connectivity index (χ3v) is 8.78. The van der Waals surface area contributed by atoms with Crippen LogP contribution in [0.4, 0.5) is 5.82 Å². The lowest BCUT2D eigenvalue weighted by molar-refractivity contribution is 0.0746. The number of aromatic nitrogens is 2. The molecule has 0 bridgehead atoms. The molecular weight excluding hydrogens is 440 g/mol. The van der Waals surface area contributed by atoms with Crippen molar-refractivity contribution in [1.29, 1.82) is 0 Å². The van der Waals surface area contributed by atoms with Gasteiger partial charge in [0.2, 0.25) is 0 Å². The van der Waals surface area contributed by atoms with E-state index >= 15 is 0 Å². The molecule has 3 aromatic rings. The molecule has 1 aliphatic heterocycles. The average molecular weight is 477 g/mol. The van der Waals surface area contributed by atoms with Crippen LogP contribution < -0.4 is 4.90 Å². The van der Waals surface area contributed by atoms with Gasteiger partial charge in [-0.15, -0.1) is 11.3 Å². The van der Waals surface area contributed by atoms with E-state index in [1.807, 2.05) is 28.4 Å². The monoisotopic (exact) mass is 476 g/mol. The van der Waals surface area contributed by atoms with Crippen molar-refractivity contribution < 1.29 is 4.79 Å². The first kappa shape index (κ1) is 23.3. The predicted molar refractivity (Wildman–Crippen MR) is 141 cm³/mol. The quantitative estimate of drug-likeness (QED) is 0.424. The first-order valence-corrected chi connectivity index (χ1v) is 13.9. The van der Waals surface area contributed by atoms with Crippen LogP contribution in [0.2, 0.25) is 0 Å². The molecule has 0 saturated carbocycles. The Morgan fingerprint density at radius 3 is 2.44 bits per heavy atom. The number of anilines is 1. The molecule has 0 spiro atoms. The summed E-state index contributed by atoms with van der Waals surface area (Å²) < 4.78 is 0. The van der Waals surface area contributed by atoms with Gasteiger partial charge in [-0.25, -0.2) is 9.97 Å². The molecule has 2 aromatic heterocycles. The summed E-state index contributed by atoms with van der Waals surface area (Å²) in [5, 5.41) is 1.30. The number of thiophene rings is 1. The van der Waals surface area contributed by atoms with Crippen LogP contribution >= 0.6 is 11.3 Å². The Hall–Kier alpha value is -2.47. The lowest BCUT2D eigenvalue weighted by atomic mass is 10.1. The van der Waals surface area contributed by atoms with E-state index in [9.17, 15) is 4.79 Å². The second-order valence-electron chi connectivity index (χ2n) is 9.79. The summed E-state index contributed by atoms with van der Waals surface area (Å²) in [6, 6.07) is 8.08. The lowest BCUT2D eigenvalue weighted by Crippen LogP contribution is -2.49. The van der Waals surface area contributed by atoms with Crippen molar-refractivity contribution in [2.45, 2.75) is 71.6 Å². The number of rotatable bonds is 5. The highest BCUT2D eigenvalue weighted by Crippen LogP contribution is 2.40. The van der Waals surface area contributed by atoms with Crippen LogP contribution in [0.25, 0.3) is 10.2 Å². The van der Waals surface area contributed by atoms with Gasteiger partial charge in [0.1, 0.15) is 16.5 Å². The number of amides is 1. The molecule has 2 aliphatic rings. The van der Waals surface area contributed by atoms with E-state index in [2.05, 4.69) is 37.8 Å². The van der Waals surface area contributed by atoms with Gasteiger partial charge in [-0.05, 0) is 61.8 Å². The predicted octanol–water partition coefficient (Wildman–Crippen LogP) is 6.00. The molecule has 5 rings (SSSR count). The third kappa shape index (κ3) is 4.45. The number of hydrogen-bond donors (Lipinski definition) is 0. The number of aryl methyl sites for hydroxylation is 3. The molecule has 3 heterocycles. The topological polar surface area (TPSA) is 49.3 Å². The maximum atomic E-state index is 13.1. The average Bonchev–Trinajstić information content (AvgIpc) is 3.08. The van der Waals surface area contributed by atoms with Gasteiger partial charge in [-0.2, -0.15) is 0 Å². The van der Waals surface area contributed by atoms with Gasteiger partial charge in [0.15, 0.2) is 0 Å². The minimum Gasteiger partial charge on any atom is -0.352 e. The number of hydrogen-bond acceptors (Lipinski definition) is 5. The minimum atomic E-state index is 0.139. The van der Waals surface area contributed by atoms with E-state index < -0.39 is 0 Å². The Balaban J connectivity index is 1.42. The maximum Gasteiger partial charge on any atom is 0.253 e. The summed E-state index contributed by atoms with van der Waals surface area (Å²) in [6.07, 6.45) is 8.18. The van der Waals surface area contributed by atoms with Crippen LogP contribution in [-0.2, 0) is 19.3 Å². The van der Waals surface area contributed by atoms with E-state index in [4.69, 9.17) is 9.97 Å². The van der Waals surface area contributed by atoms with Crippen molar-refractivity contribution in [1.82, 2.24) is 14.9 Å². The van der Waals surface area contributed by atoms with Crippen molar-refractivity contribution >= 4 is 33.3 Å². The summed E-state index contributed by atoms with van der Waals surface area (Å²) in [4.78, 5) is 30.4. The minimum absolute atomic E-state index is 0.139. The molecule has 34 heavy (non-hydrogen) atoms. The Morgan fingerprint density at radius 1 is 1.00 bits per heavy atom. The van der Waals surface area contributed by atoms with Crippen molar-refractivity contribution in [3.8, 4) is 0 Å². The number of carbonyl (C=O) groups excluding carboxylic acids is 1. The van der Waals surface area contributed by atoms with Crippen molar-refractivity contribution in [2.24, 2.45) is 0 Å². The molecule has 1 fully saturated rings. The first-order valence-electron chi connectivity index (χ1n) is 13.0. The molecule has 1 saturated heterocycles. The fourth-order valence-electron chi connectivity index (χ4n) is 5.15. The molecule has 6 heteroatoms. The Kier molecular flexibility index (Phi) is 6.87. The molecule has 1 unspecified atom stereocenters. The summed E-state index contributed by atoms with van der Waals surface area (Å²) in [5.41, 5.74) is 3.55. The highest BCUT2D eigenvalue weighted by Gasteiger charge is 2.28. The molecule has 0 N–H and O–H groups in total. The first-order chi connectivity index (χ1) is 16.6. The van der Waals surface area contributed by atoms with E-state index in [0.29, 0.717) is 5.92 Å². The van der Waals surface area contributed by atoms with Crippen LogP contribution in [0.1, 0.15) is 84.6 Å². The molecule has 0 radical (unpaired) electrons. The third-order valence-electron chi connectivity index (χ3n) is 7.59. The fourth-order valence-corrected chi connectivity index (χ4v) is 6.41. The van der Waals surface area contributed by atoms with Gasteiger partial charge in [-0.3, -0.25) is 4.79 Å². The molecule has 1 aliphatic carbocycles. The van der Waals surface area contributed by atoms with Gasteiger partial charge in [0.05, 0.1) is 5.39 Å². The van der Waals surface area contributed by atoms with Crippen LogP contribution in [0.5, 0.6) is 0 Å². The van der Waals surface area contributed by atoms with Crippen molar-refractivity contribution in [3.05, 3.63) is 51.7 Å². The number of carbonyl (C=O) groups is 1. The van der Waals surface area contributed by atoms with E-state index in [1.54, 1.807) is 0 Å². The smallest absolute Gasteiger partial charge is 0.253 e. The second-order valence-corrected chi connectivity index (χ2v) is 10.9. The molecule has 1 atom stereocenters. The lowest BCUT2D eigenvalue weighted by Gasteiger charge is -2.36. The van der Waals surface area contributed by atoms with Crippen LogP contribution in [0.3, 0.4) is 0 Å². The van der Waals surface area contributed by atoms with Crippen LogP contribution in [0.15, 0.2) is 24.3 Å². The zero-order valence-electron chi connectivity index (χ0n) is 20.8. The summed E-state index contributed by atoms with van der Waals surface area (Å²) in [6.45, 7) is 9.66. The van der Waals surface area contributed by atoms with E-state index in [0.717, 1.165) is 62.6 Å². The summed E-state index contributed by atoms with van der Waals surface area (Å²) in [7, 11) is 0. The number of fused-ring (bicyclic) bond motifs is 3. The Bertz CT molecular complexity index is 1160. The van der Waals surface area contributed by atoms with Gasteiger partial charge >= 0.3 is 0 Å². The zero-order chi connectivity index (χ0) is 23.7. The van der Waals surface area contributed by atoms with Crippen molar-refractivity contribution in [3.63, 3.8) is 0 Å². The fraction of sp³-hybridized carbons (Fsp3) is 0.536. The summed E-state index contributed by atoms with van der Waals surface area (Å²) in [5.74, 6) is 2.56. The van der Waals surface area contributed by atoms with Gasteiger partial charge in [-0.1, -0.05) is 39.3 Å². The van der Waals surface area contributed by atoms with Gasteiger partial charge < -0.3 is 9.80 Å². The maximum absolute atomic E-state index is 13.1. The zero-order valence-corrected chi connectivity index (χ0v) is 21.6. The molecule has 1 aromatic carbocycles. The normalized spacial score (nSPS) is 17.5. The van der Waals surface area contributed by atoms with Crippen LogP contribution in [-0.4, -0.2) is 47.0 Å². The van der Waals surface area contributed by atoms with Gasteiger partial charge in [0.25, 0.3) is 5.91 Å². The van der Waals surface area contributed by atoms with Crippen LogP contribution in [0, 0.1) is 0 Å². The van der Waals surface area contributed by atoms with Gasteiger partial charge in [0, 0.05) is 42.5 Å².